The SMILES string of the molecule is COc1cccc(Oc2ccnc(CCl)c2)c1. The standard InChI is InChI=1S/C13H12ClNO2/c1-16-11-3-2-4-12(8-11)17-13-5-6-15-10(7-13)9-14/h2-8H,9H2,1H3. The van der Waals surface area contributed by atoms with Gasteiger partial charge in [0.15, 0.2) is 0 Å². The van der Waals surface area contributed by atoms with Gasteiger partial charge in [-0.15, -0.1) is 11.6 Å². The van der Waals surface area contributed by atoms with Gasteiger partial charge in [0.2, 0.25) is 0 Å². The van der Waals surface area contributed by atoms with Crippen LogP contribution in [0.2, 0.25) is 0 Å². The molecule has 0 amide bonds. The van der Waals surface area contributed by atoms with Gasteiger partial charge >= 0.3 is 0 Å². The number of hydrogen-bond acceptors (Lipinski definition) is 3. The molecule has 88 valence electrons. The van der Waals surface area contributed by atoms with Crippen molar-refractivity contribution in [3.05, 3.63) is 48.3 Å². The fraction of sp³-hybridized carbons (Fsp3) is 0.154. The van der Waals surface area contributed by atoms with E-state index < -0.39 is 0 Å². The van der Waals surface area contributed by atoms with Crippen molar-refractivity contribution in [2.75, 3.05) is 7.11 Å². The highest BCUT2D eigenvalue weighted by molar-refractivity contribution is 6.16. The van der Waals surface area contributed by atoms with Crippen molar-refractivity contribution in [2.45, 2.75) is 5.88 Å². The molecule has 0 saturated carbocycles. The zero-order valence-electron chi connectivity index (χ0n) is 9.39. The highest BCUT2D eigenvalue weighted by Gasteiger charge is 2.00. The van der Waals surface area contributed by atoms with Crippen molar-refractivity contribution >= 4 is 11.6 Å². The van der Waals surface area contributed by atoms with Gasteiger partial charge in [-0.2, -0.15) is 0 Å². The molecule has 0 aliphatic rings. The number of halogens is 1. The van der Waals surface area contributed by atoms with E-state index in [9.17, 15) is 0 Å². The van der Waals surface area contributed by atoms with E-state index in [0.29, 0.717) is 11.6 Å². The summed E-state index contributed by atoms with van der Waals surface area (Å²) in [5.74, 6) is 2.56. The zero-order valence-corrected chi connectivity index (χ0v) is 10.1. The summed E-state index contributed by atoms with van der Waals surface area (Å²) in [5, 5.41) is 0. The van der Waals surface area contributed by atoms with Crippen LogP contribution in [-0.4, -0.2) is 12.1 Å². The number of hydrogen-bond donors (Lipinski definition) is 0. The molecule has 0 atom stereocenters. The molecule has 3 nitrogen and oxygen atoms in total. The van der Waals surface area contributed by atoms with Crippen LogP contribution < -0.4 is 9.47 Å². The predicted octanol–water partition coefficient (Wildman–Crippen LogP) is 3.62. The Bertz CT molecular complexity index is 457. The molecule has 1 aromatic carbocycles. The number of ether oxygens (including phenoxy) is 2. The van der Waals surface area contributed by atoms with Gasteiger partial charge in [-0.25, -0.2) is 0 Å². The molecular formula is C13H12ClNO2. The maximum absolute atomic E-state index is 5.71. The number of aromatic nitrogens is 1. The number of benzene rings is 1. The van der Waals surface area contributed by atoms with Crippen LogP contribution in [0.15, 0.2) is 42.6 Å². The molecule has 17 heavy (non-hydrogen) atoms. The van der Waals surface area contributed by atoms with Crippen molar-refractivity contribution in [1.29, 1.82) is 0 Å². The summed E-state index contributed by atoms with van der Waals surface area (Å²) in [6.45, 7) is 0. The molecule has 1 aromatic heterocycles. The van der Waals surface area contributed by atoms with Gasteiger partial charge in [-0.05, 0) is 18.2 Å². The van der Waals surface area contributed by atoms with Crippen LogP contribution in [0.5, 0.6) is 17.2 Å². The van der Waals surface area contributed by atoms with Gasteiger partial charge < -0.3 is 9.47 Å². The van der Waals surface area contributed by atoms with Crippen LogP contribution >= 0.6 is 11.6 Å². The molecule has 0 spiro atoms. The average Bonchev–Trinajstić information content (AvgIpc) is 2.39. The molecule has 0 aliphatic carbocycles. The van der Waals surface area contributed by atoms with Crippen LogP contribution in [-0.2, 0) is 5.88 Å². The lowest BCUT2D eigenvalue weighted by Crippen LogP contribution is -1.89. The summed E-state index contributed by atoms with van der Waals surface area (Å²) in [6.07, 6.45) is 1.67. The number of nitrogens with zero attached hydrogens (tertiary/aromatic N) is 1. The van der Waals surface area contributed by atoms with Gasteiger partial charge in [-0.1, -0.05) is 6.07 Å². The largest absolute Gasteiger partial charge is 0.497 e. The molecular weight excluding hydrogens is 238 g/mol. The fourth-order valence-electron chi connectivity index (χ4n) is 1.39. The van der Waals surface area contributed by atoms with Crippen LogP contribution in [0.4, 0.5) is 0 Å². The summed E-state index contributed by atoms with van der Waals surface area (Å²) >= 11 is 5.71. The minimum absolute atomic E-state index is 0.370. The first-order chi connectivity index (χ1) is 8.31. The molecule has 0 saturated heterocycles. The second-order valence-corrected chi connectivity index (χ2v) is 3.66. The zero-order chi connectivity index (χ0) is 12.1. The van der Waals surface area contributed by atoms with Crippen molar-refractivity contribution in [2.24, 2.45) is 0 Å². The molecule has 0 bridgehead atoms. The summed E-state index contributed by atoms with van der Waals surface area (Å²) in [5.41, 5.74) is 0.784. The minimum atomic E-state index is 0.370. The smallest absolute Gasteiger partial charge is 0.131 e. The van der Waals surface area contributed by atoms with Gasteiger partial charge in [0.05, 0.1) is 18.7 Å². The summed E-state index contributed by atoms with van der Waals surface area (Å²) < 4.78 is 10.8. The molecule has 0 N–H and O–H groups in total. The maximum Gasteiger partial charge on any atom is 0.131 e. The van der Waals surface area contributed by atoms with Crippen molar-refractivity contribution < 1.29 is 9.47 Å². The number of pyridine rings is 1. The minimum Gasteiger partial charge on any atom is -0.497 e. The van der Waals surface area contributed by atoms with Crippen molar-refractivity contribution in [3.63, 3.8) is 0 Å². The first-order valence-electron chi connectivity index (χ1n) is 5.14. The molecule has 4 heteroatoms. The van der Waals surface area contributed by atoms with Gasteiger partial charge in [-0.3, -0.25) is 4.98 Å². The predicted molar refractivity (Wildman–Crippen MR) is 66.9 cm³/mol. The summed E-state index contributed by atoms with van der Waals surface area (Å²) in [4.78, 5) is 4.10. The molecule has 0 radical (unpaired) electrons. The fourth-order valence-corrected chi connectivity index (χ4v) is 1.54. The molecule has 1 heterocycles. The van der Waals surface area contributed by atoms with Gasteiger partial charge in [0.1, 0.15) is 17.2 Å². The maximum atomic E-state index is 5.71. The van der Waals surface area contributed by atoms with Crippen LogP contribution in [0.25, 0.3) is 0 Å². The van der Waals surface area contributed by atoms with Crippen molar-refractivity contribution in [3.8, 4) is 17.2 Å². The third-order valence-corrected chi connectivity index (χ3v) is 2.48. The Balaban J connectivity index is 2.18. The molecule has 2 rings (SSSR count). The van der Waals surface area contributed by atoms with Crippen LogP contribution in [0.3, 0.4) is 0 Å². The second kappa shape index (κ2) is 5.55. The first-order valence-corrected chi connectivity index (χ1v) is 5.68. The lowest BCUT2D eigenvalue weighted by molar-refractivity contribution is 0.409. The Kier molecular flexibility index (Phi) is 3.83. The Hall–Kier alpha value is -1.74. The monoisotopic (exact) mass is 249 g/mol. The normalized spacial score (nSPS) is 10.0. The number of rotatable bonds is 4. The molecule has 0 unspecified atom stereocenters. The Morgan fingerprint density at radius 2 is 1.88 bits per heavy atom. The Morgan fingerprint density at radius 1 is 1.12 bits per heavy atom. The lowest BCUT2D eigenvalue weighted by atomic mass is 10.3. The molecule has 0 fully saturated rings. The highest BCUT2D eigenvalue weighted by atomic mass is 35.5. The average molecular weight is 250 g/mol. The van der Waals surface area contributed by atoms with E-state index >= 15 is 0 Å². The summed E-state index contributed by atoms with van der Waals surface area (Å²) in [6, 6.07) is 11.0. The van der Waals surface area contributed by atoms with Crippen molar-refractivity contribution in [1.82, 2.24) is 4.98 Å². The van der Waals surface area contributed by atoms with E-state index in [2.05, 4.69) is 4.98 Å². The van der Waals surface area contributed by atoms with E-state index in [-0.39, 0.29) is 0 Å². The lowest BCUT2D eigenvalue weighted by Gasteiger charge is -2.07. The van der Waals surface area contributed by atoms with E-state index in [1.165, 1.54) is 0 Å². The second-order valence-electron chi connectivity index (χ2n) is 3.40. The third kappa shape index (κ3) is 3.11. The Labute approximate surface area is 105 Å². The van der Waals surface area contributed by atoms with Gasteiger partial charge in [0, 0.05) is 18.3 Å². The molecule has 0 aliphatic heterocycles. The van der Waals surface area contributed by atoms with Crippen LogP contribution in [0.1, 0.15) is 5.69 Å². The van der Waals surface area contributed by atoms with E-state index in [4.69, 9.17) is 21.1 Å². The quantitative estimate of drug-likeness (QED) is 0.776. The molecule has 2 aromatic rings. The third-order valence-electron chi connectivity index (χ3n) is 2.20. The number of methoxy groups -OCH3 is 1. The van der Waals surface area contributed by atoms with Crippen LogP contribution in [0, 0.1) is 0 Å². The van der Waals surface area contributed by atoms with E-state index in [1.54, 1.807) is 19.4 Å². The Morgan fingerprint density at radius 3 is 2.65 bits per heavy atom. The van der Waals surface area contributed by atoms with E-state index in [0.717, 1.165) is 17.2 Å². The van der Waals surface area contributed by atoms with Gasteiger partial charge in [0.25, 0.3) is 0 Å². The highest BCUT2D eigenvalue weighted by Crippen LogP contribution is 2.25. The first kappa shape index (κ1) is 11.7. The van der Waals surface area contributed by atoms with E-state index in [1.807, 2.05) is 30.3 Å². The summed E-state index contributed by atoms with van der Waals surface area (Å²) in [7, 11) is 1.62. The topological polar surface area (TPSA) is 31.4 Å². The number of alkyl halides is 1.